The molecule has 2 aliphatic carbocycles. The van der Waals surface area contributed by atoms with Crippen LogP contribution in [0.5, 0.6) is 5.75 Å². The van der Waals surface area contributed by atoms with Gasteiger partial charge in [-0.15, -0.1) is 0 Å². The Morgan fingerprint density at radius 3 is 2.92 bits per heavy atom. The molecule has 0 unspecified atom stereocenters. The highest BCUT2D eigenvalue weighted by Crippen LogP contribution is 2.40. The first kappa shape index (κ1) is 23.4. The number of amides is 1. The fourth-order valence-corrected chi connectivity index (χ4v) is 6.57. The third kappa shape index (κ3) is 3.79. The van der Waals surface area contributed by atoms with Crippen LogP contribution in [0.2, 0.25) is 0 Å². The van der Waals surface area contributed by atoms with E-state index in [1.807, 2.05) is 28.0 Å². The number of hydrogen-bond donors (Lipinski definition) is 2. The SMILES string of the molecule is COc1cc2[nH]nc(-c3cnn([C@H]4CCN(C(=O)[C@H]5C[C@](C)(O)C5)C4)c3)c2nc1-c1cccc2c1CCC2. The van der Waals surface area contributed by atoms with E-state index < -0.39 is 5.60 Å². The van der Waals surface area contributed by atoms with Gasteiger partial charge in [0.1, 0.15) is 22.7 Å². The van der Waals surface area contributed by atoms with Crippen LogP contribution in [-0.2, 0) is 17.6 Å². The second kappa shape index (κ2) is 8.66. The van der Waals surface area contributed by atoms with Crippen LogP contribution in [0.25, 0.3) is 33.5 Å². The number of pyridine rings is 1. The van der Waals surface area contributed by atoms with E-state index in [4.69, 9.17) is 9.72 Å². The molecular weight excluding hydrogens is 480 g/mol. The first-order valence-electron chi connectivity index (χ1n) is 13.5. The van der Waals surface area contributed by atoms with Crippen molar-refractivity contribution in [2.45, 2.75) is 57.1 Å². The maximum Gasteiger partial charge on any atom is 0.225 e. The third-order valence-corrected chi connectivity index (χ3v) is 8.57. The van der Waals surface area contributed by atoms with Gasteiger partial charge >= 0.3 is 0 Å². The lowest BCUT2D eigenvalue weighted by atomic mass is 9.71. The van der Waals surface area contributed by atoms with Crippen LogP contribution in [-0.4, -0.2) is 66.7 Å². The Bertz CT molecular complexity index is 1550. The predicted octanol–water partition coefficient (Wildman–Crippen LogP) is 3.92. The number of aryl methyl sites for hydroxylation is 1. The monoisotopic (exact) mass is 512 g/mol. The lowest BCUT2D eigenvalue weighted by Crippen LogP contribution is -2.49. The number of aromatic nitrogens is 5. The maximum absolute atomic E-state index is 12.9. The zero-order chi connectivity index (χ0) is 26.0. The Morgan fingerprint density at radius 2 is 2.11 bits per heavy atom. The van der Waals surface area contributed by atoms with E-state index >= 15 is 0 Å². The fraction of sp³-hybridized carbons (Fsp3) is 0.448. The summed E-state index contributed by atoms with van der Waals surface area (Å²) in [4.78, 5) is 19.9. The second-order valence-electron chi connectivity index (χ2n) is 11.3. The number of aliphatic hydroxyl groups is 1. The van der Waals surface area contributed by atoms with Gasteiger partial charge in [-0.05, 0) is 56.6 Å². The summed E-state index contributed by atoms with van der Waals surface area (Å²) in [6.07, 6.45) is 9.13. The number of H-pyrrole nitrogens is 1. The number of nitrogens with zero attached hydrogens (tertiary/aromatic N) is 5. The lowest BCUT2D eigenvalue weighted by Gasteiger charge is -2.41. The van der Waals surface area contributed by atoms with Crippen molar-refractivity contribution in [2.24, 2.45) is 5.92 Å². The Morgan fingerprint density at radius 1 is 1.24 bits per heavy atom. The molecule has 7 rings (SSSR count). The summed E-state index contributed by atoms with van der Waals surface area (Å²) in [7, 11) is 1.68. The molecule has 1 aliphatic heterocycles. The smallest absolute Gasteiger partial charge is 0.225 e. The highest BCUT2D eigenvalue weighted by Gasteiger charge is 2.45. The van der Waals surface area contributed by atoms with E-state index in [9.17, 15) is 9.90 Å². The molecule has 1 aromatic carbocycles. The molecule has 4 heterocycles. The van der Waals surface area contributed by atoms with Crippen LogP contribution in [0.1, 0.15) is 49.8 Å². The van der Waals surface area contributed by atoms with Crippen LogP contribution in [0.15, 0.2) is 36.7 Å². The van der Waals surface area contributed by atoms with Gasteiger partial charge in [-0.2, -0.15) is 10.2 Å². The molecule has 0 bridgehead atoms. The Hall–Kier alpha value is -3.72. The van der Waals surface area contributed by atoms with Gasteiger partial charge in [0.25, 0.3) is 0 Å². The highest BCUT2D eigenvalue weighted by molar-refractivity contribution is 5.93. The minimum absolute atomic E-state index is 0.0598. The molecule has 0 radical (unpaired) electrons. The van der Waals surface area contributed by atoms with Crippen molar-refractivity contribution in [3.05, 3.63) is 47.8 Å². The molecule has 1 amide bonds. The summed E-state index contributed by atoms with van der Waals surface area (Å²) in [5.41, 5.74) is 7.28. The van der Waals surface area contributed by atoms with Crippen molar-refractivity contribution in [1.82, 2.24) is 29.9 Å². The molecular formula is C29H32N6O3. The first-order chi connectivity index (χ1) is 18.4. The molecule has 1 saturated carbocycles. The minimum Gasteiger partial charge on any atom is -0.494 e. The van der Waals surface area contributed by atoms with Crippen molar-refractivity contribution in [1.29, 1.82) is 0 Å². The van der Waals surface area contributed by atoms with Gasteiger partial charge in [0, 0.05) is 42.4 Å². The molecule has 2 fully saturated rings. The number of benzene rings is 1. The average Bonchev–Trinajstić information content (AvgIpc) is 3.70. The largest absolute Gasteiger partial charge is 0.494 e. The quantitative estimate of drug-likeness (QED) is 0.420. The Kier molecular flexibility index (Phi) is 5.33. The van der Waals surface area contributed by atoms with Gasteiger partial charge in [0.15, 0.2) is 0 Å². The third-order valence-electron chi connectivity index (χ3n) is 8.57. The Balaban J connectivity index is 1.17. The number of carbonyl (C=O) groups excluding carboxylic acids is 1. The number of ether oxygens (including phenoxy) is 1. The maximum atomic E-state index is 12.9. The molecule has 0 spiro atoms. The minimum atomic E-state index is -0.693. The number of likely N-dealkylation sites (tertiary alicyclic amines) is 1. The number of nitrogens with one attached hydrogen (secondary N) is 1. The lowest BCUT2D eigenvalue weighted by molar-refractivity contribution is -0.148. The number of methoxy groups -OCH3 is 1. The number of aromatic amines is 1. The Labute approximate surface area is 220 Å². The van der Waals surface area contributed by atoms with Crippen LogP contribution >= 0.6 is 0 Å². The number of hydrogen-bond acceptors (Lipinski definition) is 6. The van der Waals surface area contributed by atoms with Crippen molar-refractivity contribution in [2.75, 3.05) is 20.2 Å². The van der Waals surface area contributed by atoms with Crippen LogP contribution in [0, 0.1) is 5.92 Å². The van der Waals surface area contributed by atoms with E-state index in [0.29, 0.717) is 19.4 Å². The standard InChI is InChI=1S/C29H32N6O3/c1-29(37)12-18(13-29)28(36)34-10-9-20(16-34)35-15-19(14-30-35)25-27-23(32-33-25)11-24(38-2)26(31-27)22-8-4-6-17-5-3-7-21(17)22/h4,6,8,11,14-15,18,20,37H,3,5,7,9-10,12-13,16H2,1-2H3,(H,32,33)/t18-,20-,29-/m0/s1. The van der Waals surface area contributed by atoms with Gasteiger partial charge in [0.2, 0.25) is 5.91 Å². The molecule has 2 N–H and O–H groups in total. The molecule has 38 heavy (non-hydrogen) atoms. The summed E-state index contributed by atoms with van der Waals surface area (Å²) < 4.78 is 7.70. The normalized spacial score (nSPS) is 24.6. The summed E-state index contributed by atoms with van der Waals surface area (Å²) >= 11 is 0. The van der Waals surface area contributed by atoms with Crippen molar-refractivity contribution < 1.29 is 14.6 Å². The number of rotatable bonds is 5. The topological polar surface area (TPSA) is 109 Å². The summed E-state index contributed by atoms with van der Waals surface area (Å²) in [6, 6.07) is 8.55. The van der Waals surface area contributed by atoms with Crippen LogP contribution < -0.4 is 4.74 Å². The summed E-state index contributed by atoms with van der Waals surface area (Å²) in [6.45, 7) is 3.15. The molecule has 3 aromatic heterocycles. The molecule has 9 heteroatoms. The van der Waals surface area contributed by atoms with Crippen LogP contribution in [0.4, 0.5) is 0 Å². The van der Waals surface area contributed by atoms with E-state index in [1.165, 1.54) is 17.5 Å². The van der Waals surface area contributed by atoms with Gasteiger partial charge in [0.05, 0.1) is 30.5 Å². The van der Waals surface area contributed by atoms with Crippen molar-refractivity contribution in [3.63, 3.8) is 0 Å². The highest BCUT2D eigenvalue weighted by atomic mass is 16.5. The van der Waals surface area contributed by atoms with Crippen LogP contribution in [0.3, 0.4) is 0 Å². The first-order valence-corrected chi connectivity index (χ1v) is 13.5. The van der Waals surface area contributed by atoms with Crippen molar-refractivity contribution >= 4 is 16.9 Å². The van der Waals surface area contributed by atoms with Gasteiger partial charge in [-0.3, -0.25) is 14.6 Å². The van der Waals surface area contributed by atoms with E-state index in [2.05, 4.69) is 33.5 Å². The van der Waals surface area contributed by atoms with E-state index in [1.54, 1.807) is 14.0 Å². The second-order valence-corrected chi connectivity index (χ2v) is 11.3. The summed E-state index contributed by atoms with van der Waals surface area (Å²) in [5, 5.41) is 22.4. The fourth-order valence-electron chi connectivity index (χ4n) is 6.57. The van der Waals surface area contributed by atoms with Crippen molar-refractivity contribution in [3.8, 4) is 28.3 Å². The number of fused-ring (bicyclic) bond motifs is 2. The zero-order valence-electron chi connectivity index (χ0n) is 21.8. The molecule has 1 atom stereocenters. The molecule has 4 aromatic rings. The van der Waals surface area contributed by atoms with Gasteiger partial charge in [-0.25, -0.2) is 4.98 Å². The molecule has 9 nitrogen and oxygen atoms in total. The van der Waals surface area contributed by atoms with Gasteiger partial charge in [-0.1, -0.05) is 18.2 Å². The average molecular weight is 513 g/mol. The number of carbonyl (C=O) groups is 1. The van der Waals surface area contributed by atoms with E-state index in [0.717, 1.165) is 65.1 Å². The molecule has 196 valence electrons. The predicted molar refractivity (Wildman–Crippen MR) is 143 cm³/mol. The molecule has 3 aliphatic rings. The zero-order valence-corrected chi connectivity index (χ0v) is 21.8. The van der Waals surface area contributed by atoms with Gasteiger partial charge < -0.3 is 14.7 Å². The van der Waals surface area contributed by atoms with E-state index in [-0.39, 0.29) is 17.9 Å². The summed E-state index contributed by atoms with van der Waals surface area (Å²) in [5.74, 6) is 0.825. The molecule has 1 saturated heterocycles.